The molecule has 0 radical (unpaired) electrons. The van der Waals surface area contributed by atoms with Crippen molar-refractivity contribution >= 4 is 34.8 Å². The Labute approximate surface area is 202 Å². The second kappa shape index (κ2) is 10.2. The van der Waals surface area contributed by atoms with Crippen molar-refractivity contribution < 1.29 is 28.6 Å². The first-order valence-electron chi connectivity index (χ1n) is 10.8. The summed E-state index contributed by atoms with van der Waals surface area (Å²) in [6.07, 6.45) is -0.245. The number of nitrogens with one attached hydrogen (secondary N) is 2. The van der Waals surface area contributed by atoms with Gasteiger partial charge in [-0.3, -0.25) is 19.3 Å². The lowest BCUT2D eigenvalue weighted by molar-refractivity contribution is -0.122. The SMILES string of the molecule is COc1cc(C(=O)N2c3ccccc3NC(=O)[C@H]2CC(=O)Nc2ccccc2)cc(OC)c1OC. The molecule has 0 bridgehead atoms. The second-order valence-corrected chi connectivity index (χ2v) is 7.73. The number of benzene rings is 3. The van der Waals surface area contributed by atoms with Crippen molar-refractivity contribution in [2.45, 2.75) is 12.5 Å². The van der Waals surface area contributed by atoms with Gasteiger partial charge < -0.3 is 24.8 Å². The number of carbonyl (C=O) groups excluding carboxylic acids is 3. The molecule has 0 unspecified atom stereocenters. The van der Waals surface area contributed by atoms with Gasteiger partial charge in [-0.05, 0) is 36.4 Å². The van der Waals surface area contributed by atoms with E-state index in [0.717, 1.165) is 0 Å². The lowest BCUT2D eigenvalue weighted by atomic mass is 10.0. The van der Waals surface area contributed by atoms with Crippen LogP contribution in [0.4, 0.5) is 17.1 Å². The number of anilines is 3. The van der Waals surface area contributed by atoms with Crippen LogP contribution in [0.15, 0.2) is 66.7 Å². The van der Waals surface area contributed by atoms with E-state index >= 15 is 0 Å². The van der Waals surface area contributed by atoms with Gasteiger partial charge in [0.05, 0.1) is 39.1 Å². The number of ether oxygens (including phenoxy) is 3. The Hall–Kier alpha value is -4.53. The highest BCUT2D eigenvalue weighted by atomic mass is 16.5. The molecule has 9 nitrogen and oxygen atoms in total. The van der Waals surface area contributed by atoms with Crippen molar-refractivity contribution in [1.29, 1.82) is 0 Å². The third kappa shape index (κ3) is 4.74. The molecule has 180 valence electrons. The molecule has 9 heteroatoms. The minimum atomic E-state index is -1.08. The van der Waals surface area contributed by atoms with Crippen molar-refractivity contribution in [2.24, 2.45) is 0 Å². The number of para-hydroxylation sites is 3. The van der Waals surface area contributed by atoms with Crippen LogP contribution in [-0.4, -0.2) is 45.1 Å². The zero-order valence-corrected chi connectivity index (χ0v) is 19.5. The average Bonchev–Trinajstić information content (AvgIpc) is 2.88. The number of hydrogen-bond donors (Lipinski definition) is 2. The average molecular weight is 476 g/mol. The third-order valence-electron chi connectivity index (χ3n) is 5.60. The molecule has 0 aromatic heterocycles. The van der Waals surface area contributed by atoms with Gasteiger partial charge in [-0.2, -0.15) is 0 Å². The third-order valence-corrected chi connectivity index (χ3v) is 5.60. The number of hydrogen-bond acceptors (Lipinski definition) is 6. The van der Waals surface area contributed by atoms with Gasteiger partial charge in [-0.1, -0.05) is 30.3 Å². The molecule has 0 spiro atoms. The van der Waals surface area contributed by atoms with Crippen LogP contribution in [0.5, 0.6) is 17.2 Å². The maximum atomic E-state index is 13.9. The summed E-state index contributed by atoms with van der Waals surface area (Å²) in [6, 6.07) is 17.8. The van der Waals surface area contributed by atoms with Crippen LogP contribution < -0.4 is 29.7 Å². The molecule has 4 rings (SSSR count). The van der Waals surface area contributed by atoms with Gasteiger partial charge in [0, 0.05) is 11.3 Å². The predicted molar refractivity (Wildman–Crippen MR) is 131 cm³/mol. The molecule has 0 saturated carbocycles. The van der Waals surface area contributed by atoms with Crippen molar-refractivity contribution in [2.75, 3.05) is 36.9 Å². The Bertz CT molecular complexity index is 1240. The lowest BCUT2D eigenvalue weighted by Crippen LogP contribution is -2.52. The van der Waals surface area contributed by atoms with Gasteiger partial charge in [-0.15, -0.1) is 0 Å². The maximum absolute atomic E-state index is 13.9. The highest BCUT2D eigenvalue weighted by Gasteiger charge is 2.39. The van der Waals surface area contributed by atoms with Gasteiger partial charge in [0.15, 0.2) is 11.5 Å². The van der Waals surface area contributed by atoms with Crippen molar-refractivity contribution in [1.82, 2.24) is 0 Å². The molecule has 3 aromatic carbocycles. The maximum Gasteiger partial charge on any atom is 0.259 e. The fourth-order valence-electron chi connectivity index (χ4n) is 3.98. The Morgan fingerprint density at radius 2 is 1.54 bits per heavy atom. The van der Waals surface area contributed by atoms with Crippen LogP contribution in [0.3, 0.4) is 0 Å². The molecule has 1 heterocycles. The van der Waals surface area contributed by atoms with Crippen LogP contribution >= 0.6 is 0 Å². The number of rotatable bonds is 7. The van der Waals surface area contributed by atoms with Gasteiger partial charge in [0.25, 0.3) is 5.91 Å². The smallest absolute Gasteiger partial charge is 0.259 e. The minimum absolute atomic E-state index is 0.206. The fraction of sp³-hybridized carbons (Fsp3) is 0.192. The van der Waals surface area contributed by atoms with E-state index in [0.29, 0.717) is 34.3 Å². The molecular formula is C26H25N3O6. The molecule has 1 atom stereocenters. The van der Waals surface area contributed by atoms with Crippen molar-refractivity contribution in [3.8, 4) is 17.2 Å². The van der Waals surface area contributed by atoms with E-state index in [1.54, 1.807) is 48.5 Å². The second-order valence-electron chi connectivity index (χ2n) is 7.73. The number of nitrogens with zero attached hydrogens (tertiary/aromatic N) is 1. The molecule has 0 aliphatic carbocycles. The van der Waals surface area contributed by atoms with Crippen LogP contribution in [0, 0.1) is 0 Å². The van der Waals surface area contributed by atoms with Crippen LogP contribution in [0.25, 0.3) is 0 Å². The summed E-state index contributed by atoms with van der Waals surface area (Å²) in [5.74, 6) is -0.441. The Kier molecular flexibility index (Phi) is 6.86. The number of carbonyl (C=O) groups is 3. The summed E-state index contributed by atoms with van der Waals surface area (Å²) in [6.45, 7) is 0. The Morgan fingerprint density at radius 3 is 2.17 bits per heavy atom. The van der Waals surface area contributed by atoms with E-state index in [2.05, 4.69) is 10.6 Å². The molecule has 1 aliphatic heterocycles. The fourth-order valence-corrected chi connectivity index (χ4v) is 3.98. The molecule has 35 heavy (non-hydrogen) atoms. The van der Waals surface area contributed by atoms with Gasteiger partial charge in [-0.25, -0.2) is 0 Å². The van der Waals surface area contributed by atoms with E-state index in [9.17, 15) is 14.4 Å². The first kappa shape index (κ1) is 23.6. The van der Waals surface area contributed by atoms with E-state index in [1.807, 2.05) is 6.07 Å². The van der Waals surface area contributed by atoms with E-state index in [-0.39, 0.29) is 12.0 Å². The molecule has 2 N–H and O–H groups in total. The molecule has 0 fully saturated rings. The Morgan fingerprint density at radius 1 is 0.914 bits per heavy atom. The van der Waals surface area contributed by atoms with Gasteiger partial charge in [0.2, 0.25) is 17.6 Å². The summed E-state index contributed by atoms with van der Waals surface area (Å²) >= 11 is 0. The highest BCUT2D eigenvalue weighted by Crippen LogP contribution is 2.40. The standard InChI is InChI=1S/C26H25N3O6/c1-33-21-13-16(14-22(34-2)24(21)35-3)26(32)29-19-12-8-7-11-18(19)28-25(31)20(29)15-23(30)27-17-9-5-4-6-10-17/h4-14,20H,15H2,1-3H3,(H,27,30)(H,28,31)/t20-/m1/s1. The van der Waals surface area contributed by atoms with Crippen LogP contribution in [0.2, 0.25) is 0 Å². The number of fused-ring (bicyclic) bond motifs is 1. The first-order valence-corrected chi connectivity index (χ1v) is 10.8. The van der Waals surface area contributed by atoms with Gasteiger partial charge in [0.1, 0.15) is 6.04 Å². The quantitative estimate of drug-likeness (QED) is 0.540. The monoisotopic (exact) mass is 475 g/mol. The zero-order chi connectivity index (χ0) is 24.9. The molecule has 1 aliphatic rings. The van der Waals surface area contributed by atoms with Crippen molar-refractivity contribution in [3.05, 3.63) is 72.3 Å². The van der Waals surface area contributed by atoms with Crippen molar-refractivity contribution in [3.63, 3.8) is 0 Å². The summed E-state index contributed by atoms with van der Waals surface area (Å²) in [7, 11) is 4.37. The van der Waals surface area contributed by atoms with Gasteiger partial charge >= 0.3 is 0 Å². The first-order chi connectivity index (χ1) is 17.0. The summed E-state index contributed by atoms with van der Waals surface area (Å²) in [5, 5.41) is 5.57. The highest BCUT2D eigenvalue weighted by molar-refractivity contribution is 6.18. The van der Waals surface area contributed by atoms with E-state index < -0.39 is 23.8 Å². The normalized spacial score (nSPS) is 14.4. The molecule has 3 amide bonds. The molecule has 3 aromatic rings. The number of methoxy groups -OCH3 is 3. The van der Waals surface area contributed by atoms with E-state index in [1.165, 1.54) is 38.4 Å². The molecule has 0 saturated heterocycles. The summed E-state index contributed by atoms with van der Waals surface area (Å²) in [4.78, 5) is 41.1. The summed E-state index contributed by atoms with van der Waals surface area (Å²) < 4.78 is 16.1. The summed E-state index contributed by atoms with van der Waals surface area (Å²) in [5.41, 5.74) is 1.75. The predicted octanol–water partition coefficient (Wildman–Crippen LogP) is 3.71. The minimum Gasteiger partial charge on any atom is -0.493 e. The largest absolute Gasteiger partial charge is 0.493 e. The topological polar surface area (TPSA) is 106 Å². The molecular weight excluding hydrogens is 450 g/mol. The van der Waals surface area contributed by atoms with Crippen LogP contribution in [0.1, 0.15) is 16.8 Å². The number of amides is 3. The van der Waals surface area contributed by atoms with Crippen LogP contribution in [-0.2, 0) is 9.59 Å². The lowest BCUT2D eigenvalue weighted by Gasteiger charge is -2.36. The zero-order valence-electron chi connectivity index (χ0n) is 19.5. The van der Waals surface area contributed by atoms with E-state index in [4.69, 9.17) is 14.2 Å². The Balaban J connectivity index is 1.73.